The summed E-state index contributed by atoms with van der Waals surface area (Å²) >= 11 is 3.46. The van der Waals surface area contributed by atoms with Crippen molar-refractivity contribution in [3.63, 3.8) is 0 Å². The molecule has 0 aliphatic heterocycles. The number of hydrogen-bond acceptors (Lipinski definition) is 3. The van der Waals surface area contributed by atoms with E-state index in [-0.39, 0.29) is 18.4 Å². The van der Waals surface area contributed by atoms with Gasteiger partial charge in [-0.1, -0.05) is 59.1 Å². The molecule has 0 saturated heterocycles. The predicted molar refractivity (Wildman–Crippen MR) is 123 cm³/mol. The number of hydrogen-bond donors (Lipinski definition) is 1. The Bertz CT molecular complexity index is 869. The minimum atomic E-state index is -0.601. The lowest BCUT2D eigenvalue weighted by molar-refractivity contribution is -0.142. The Morgan fingerprint density at radius 1 is 1.17 bits per heavy atom. The van der Waals surface area contributed by atoms with E-state index in [1.807, 2.05) is 56.3 Å². The van der Waals surface area contributed by atoms with E-state index in [4.69, 9.17) is 4.74 Å². The summed E-state index contributed by atoms with van der Waals surface area (Å²) in [6, 6.07) is 13.0. The van der Waals surface area contributed by atoms with Gasteiger partial charge in [-0.15, -0.1) is 0 Å². The van der Waals surface area contributed by atoms with Crippen LogP contribution in [0.25, 0.3) is 0 Å². The third kappa shape index (κ3) is 7.17. The summed E-state index contributed by atoms with van der Waals surface area (Å²) in [5, 5.41) is 2.92. The fourth-order valence-electron chi connectivity index (χ4n) is 3.13. The number of carbonyl (C=O) groups is 2. The van der Waals surface area contributed by atoms with E-state index in [1.165, 1.54) is 0 Å². The predicted octanol–water partition coefficient (Wildman–Crippen LogP) is 4.78. The van der Waals surface area contributed by atoms with Crippen LogP contribution in [0.3, 0.4) is 0 Å². The second-order valence-corrected chi connectivity index (χ2v) is 8.45. The van der Waals surface area contributed by atoms with Gasteiger partial charge in [0.1, 0.15) is 11.8 Å². The van der Waals surface area contributed by atoms with Crippen LogP contribution in [-0.2, 0) is 16.1 Å². The van der Waals surface area contributed by atoms with Crippen LogP contribution in [0, 0.1) is 13.8 Å². The Hall–Kier alpha value is -2.34. The third-order valence-corrected chi connectivity index (χ3v) is 5.41. The highest BCUT2D eigenvalue weighted by Gasteiger charge is 2.26. The second-order valence-electron chi connectivity index (χ2n) is 7.53. The van der Waals surface area contributed by atoms with Crippen molar-refractivity contribution in [2.45, 2.75) is 53.1 Å². The van der Waals surface area contributed by atoms with Crippen LogP contribution in [0.1, 0.15) is 43.4 Å². The van der Waals surface area contributed by atoms with Crippen molar-refractivity contribution in [2.75, 3.05) is 13.2 Å². The van der Waals surface area contributed by atoms with Gasteiger partial charge in [0.2, 0.25) is 5.91 Å². The highest BCUT2D eigenvalue weighted by atomic mass is 79.9. The lowest BCUT2D eigenvalue weighted by Gasteiger charge is -2.29. The number of carbonyl (C=O) groups excluding carboxylic acids is 2. The van der Waals surface area contributed by atoms with E-state index in [0.717, 1.165) is 34.0 Å². The van der Waals surface area contributed by atoms with E-state index in [9.17, 15) is 9.59 Å². The van der Waals surface area contributed by atoms with Crippen molar-refractivity contribution in [2.24, 2.45) is 0 Å². The molecule has 1 N–H and O–H groups in total. The number of nitrogens with one attached hydrogen (secondary N) is 1. The minimum Gasteiger partial charge on any atom is -0.483 e. The first-order valence-corrected chi connectivity index (χ1v) is 11.1. The molecule has 30 heavy (non-hydrogen) atoms. The molecule has 2 aromatic rings. The summed E-state index contributed by atoms with van der Waals surface area (Å²) in [7, 11) is 0. The molecule has 0 spiro atoms. The molecule has 0 aliphatic rings. The first-order chi connectivity index (χ1) is 14.3. The average Bonchev–Trinajstić information content (AvgIpc) is 2.71. The molecule has 2 rings (SSSR count). The maximum absolute atomic E-state index is 13.1. The van der Waals surface area contributed by atoms with E-state index in [2.05, 4.69) is 28.2 Å². The van der Waals surface area contributed by atoms with Crippen LogP contribution in [0.2, 0.25) is 0 Å². The lowest BCUT2D eigenvalue weighted by atomic mass is 10.1. The third-order valence-electron chi connectivity index (χ3n) is 4.92. The van der Waals surface area contributed by atoms with Gasteiger partial charge >= 0.3 is 0 Å². The maximum atomic E-state index is 13.1. The topological polar surface area (TPSA) is 58.6 Å². The van der Waals surface area contributed by atoms with Gasteiger partial charge in [0.15, 0.2) is 6.61 Å². The lowest BCUT2D eigenvalue weighted by Crippen LogP contribution is -2.49. The van der Waals surface area contributed by atoms with Crippen molar-refractivity contribution >= 4 is 27.7 Å². The SMILES string of the molecule is CCCCNC(=O)[C@@H](C)N(Cc1cccc(Br)c1)C(=O)COc1ccc(C)cc1C. The minimum absolute atomic E-state index is 0.121. The van der Waals surface area contributed by atoms with Gasteiger partial charge in [-0.05, 0) is 56.5 Å². The number of unbranched alkanes of at least 4 members (excludes halogenated alkanes) is 1. The molecule has 0 aliphatic carbocycles. The van der Waals surface area contributed by atoms with Crippen molar-refractivity contribution in [3.05, 3.63) is 63.6 Å². The quantitative estimate of drug-likeness (QED) is 0.504. The molecular weight excluding hydrogens is 444 g/mol. The van der Waals surface area contributed by atoms with Gasteiger partial charge in [0, 0.05) is 17.6 Å². The standard InChI is InChI=1S/C24H31BrN2O3/c1-5-6-12-26-24(29)19(4)27(15-20-8-7-9-21(25)14-20)23(28)16-30-22-11-10-17(2)13-18(22)3/h7-11,13-14,19H,5-6,12,15-16H2,1-4H3,(H,26,29)/t19-/m1/s1. The molecule has 5 nitrogen and oxygen atoms in total. The number of nitrogens with zero attached hydrogens (tertiary/aromatic N) is 1. The fourth-order valence-corrected chi connectivity index (χ4v) is 3.58. The molecule has 0 fully saturated rings. The molecule has 2 aromatic carbocycles. The summed E-state index contributed by atoms with van der Waals surface area (Å²) in [6.07, 6.45) is 1.91. The summed E-state index contributed by atoms with van der Waals surface area (Å²) in [5.74, 6) is 0.294. The Morgan fingerprint density at radius 3 is 2.60 bits per heavy atom. The summed E-state index contributed by atoms with van der Waals surface area (Å²) < 4.78 is 6.72. The average molecular weight is 475 g/mol. The number of rotatable bonds is 10. The van der Waals surface area contributed by atoms with E-state index in [1.54, 1.807) is 11.8 Å². The number of ether oxygens (including phenoxy) is 1. The highest BCUT2D eigenvalue weighted by Crippen LogP contribution is 2.20. The van der Waals surface area contributed by atoms with Gasteiger partial charge in [-0.2, -0.15) is 0 Å². The van der Waals surface area contributed by atoms with Gasteiger partial charge < -0.3 is 15.0 Å². The summed E-state index contributed by atoms with van der Waals surface area (Å²) in [4.78, 5) is 27.3. The molecule has 2 amide bonds. The van der Waals surface area contributed by atoms with Gasteiger partial charge in [-0.25, -0.2) is 0 Å². The number of benzene rings is 2. The second kappa shape index (κ2) is 11.7. The highest BCUT2D eigenvalue weighted by molar-refractivity contribution is 9.10. The van der Waals surface area contributed by atoms with Crippen LogP contribution in [-0.4, -0.2) is 35.9 Å². The number of amides is 2. The molecule has 0 bridgehead atoms. The first-order valence-electron chi connectivity index (χ1n) is 10.3. The molecule has 0 radical (unpaired) electrons. The smallest absolute Gasteiger partial charge is 0.261 e. The van der Waals surface area contributed by atoms with Crippen molar-refractivity contribution in [1.82, 2.24) is 10.2 Å². The Kier molecular flexibility index (Phi) is 9.37. The van der Waals surface area contributed by atoms with E-state index >= 15 is 0 Å². The van der Waals surface area contributed by atoms with Gasteiger partial charge in [-0.3, -0.25) is 9.59 Å². The van der Waals surface area contributed by atoms with Crippen LogP contribution in [0.5, 0.6) is 5.75 Å². The molecular formula is C24H31BrN2O3. The zero-order valence-electron chi connectivity index (χ0n) is 18.2. The van der Waals surface area contributed by atoms with Crippen LogP contribution >= 0.6 is 15.9 Å². The van der Waals surface area contributed by atoms with E-state index in [0.29, 0.717) is 18.8 Å². The normalized spacial score (nSPS) is 11.6. The van der Waals surface area contributed by atoms with Crippen LogP contribution in [0.4, 0.5) is 0 Å². The zero-order chi connectivity index (χ0) is 22.1. The van der Waals surface area contributed by atoms with E-state index < -0.39 is 6.04 Å². The van der Waals surface area contributed by atoms with Crippen LogP contribution in [0.15, 0.2) is 46.9 Å². The van der Waals surface area contributed by atoms with Crippen LogP contribution < -0.4 is 10.1 Å². The first kappa shape index (κ1) is 23.9. The Morgan fingerprint density at radius 2 is 1.93 bits per heavy atom. The van der Waals surface area contributed by atoms with Gasteiger partial charge in [0.05, 0.1) is 0 Å². The molecule has 0 unspecified atom stereocenters. The molecule has 0 aromatic heterocycles. The molecule has 6 heteroatoms. The summed E-state index contributed by atoms with van der Waals surface area (Å²) in [5.41, 5.74) is 3.06. The number of halogens is 1. The zero-order valence-corrected chi connectivity index (χ0v) is 19.8. The summed E-state index contributed by atoms with van der Waals surface area (Å²) in [6.45, 7) is 8.62. The molecule has 0 saturated carbocycles. The molecule has 162 valence electrons. The monoisotopic (exact) mass is 474 g/mol. The Balaban J connectivity index is 2.13. The molecule has 1 atom stereocenters. The van der Waals surface area contributed by atoms with Gasteiger partial charge in [0.25, 0.3) is 5.91 Å². The maximum Gasteiger partial charge on any atom is 0.261 e. The molecule has 0 heterocycles. The van der Waals surface area contributed by atoms with Crippen molar-refractivity contribution < 1.29 is 14.3 Å². The van der Waals surface area contributed by atoms with Crippen molar-refractivity contribution in [1.29, 1.82) is 0 Å². The number of aryl methyl sites for hydroxylation is 2. The Labute approximate surface area is 187 Å². The largest absolute Gasteiger partial charge is 0.483 e. The fraction of sp³-hybridized carbons (Fsp3) is 0.417. The van der Waals surface area contributed by atoms with Crippen molar-refractivity contribution in [3.8, 4) is 5.75 Å².